The minimum atomic E-state index is -0.470. The molecule has 3 N–H and O–H groups in total. The van der Waals surface area contributed by atoms with Gasteiger partial charge in [0, 0.05) is 26.2 Å². The van der Waals surface area contributed by atoms with Crippen LogP contribution in [0.1, 0.15) is 41.5 Å². The van der Waals surface area contributed by atoms with E-state index in [0.29, 0.717) is 25.0 Å². The quantitative estimate of drug-likeness (QED) is 0.409. The van der Waals surface area contributed by atoms with Crippen molar-refractivity contribution in [2.75, 3.05) is 20.1 Å². The molecule has 0 aromatic rings. The van der Waals surface area contributed by atoms with Gasteiger partial charge in [0.15, 0.2) is 5.96 Å². The molecule has 20 heavy (non-hydrogen) atoms. The summed E-state index contributed by atoms with van der Waals surface area (Å²) in [6, 6.07) is 0.333. The van der Waals surface area contributed by atoms with Crippen molar-refractivity contribution in [1.82, 2.24) is 16.0 Å². The van der Waals surface area contributed by atoms with Gasteiger partial charge in [0.05, 0.1) is 0 Å². The maximum atomic E-state index is 11.4. The van der Waals surface area contributed by atoms with Gasteiger partial charge in [0.1, 0.15) is 5.60 Å². The third-order valence-corrected chi connectivity index (χ3v) is 2.67. The number of nitrogens with one attached hydrogen (secondary N) is 3. The lowest BCUT2D eigenvalue weighted by Gasteiger charge is -2.21. The number of nitrogens with zero attached hydrogens (tertiary/aromatic N) is 1. The number of carbonyl (C=O) groups excluding carboxylic acids is 1. The lowest BCUT2D eigenvalue weighted by Crippen LogP contribution is -2.46. The Bertz CT molecular complexity index is 322. The van der Waals surface area contributed by atoms with E-state index in [-0.39, 0.29) is 0 Å². The predicted octanol–water partition coefficient (Wildman–Crippen LogP) is 1.72. The smallest absolute Gasteiger partial charge is 0.407 e. The number of alkyl carbamates (subject to hydrolysis) is 1. The molecule has 0 bridgehead atoms. The summed E-state index contributed by atoms with van der Waals surface area (Å²) in [5.41, 5.74) is -0.470. The summed E-state index contributed by atoms with van der Waals surface area (Å²) in [6.45, 7) is 13.0. The zero-order valence-electron chi connectivity index (χ0n) is 13.8. The second-order valence-corrected chi connectivity index (χ2v) is 6.10. The molecule has 118 valence electrons. The van der Waals surface area contributed by atoms with Crippen molar-refractivity contribution in [3.8, 4) is 0 Å². The molecule has 0 aliphatic heterocycles. The van der Waals surface area contributed by atoms with Gasteiger partial charge < -0.3 is 20.7 Å². The molecule has 1 atom stereocenters. The zero-order valence-corrected chi connectivity index (χ0v) is 13.8. The summed E-state index contributed by atoms with van der Waals surface area (Å²) in [6.07, 6.45) is -0.405. The highest BCUT2D eigenvalue weighted by atomic mass is 16.6. The average Bonchev–Trinajstić information content (AvgIpc) is 2.30. The first kappa shape index (κ1) is 18.5. The summed E-state index contributed by atoms with van der Waals surface area (Å²) < 4.78 is 5.14. The van der Waals surface area contributed by atoms with Crippen LogP contribution < -0.4 is 16.0 Å². The SMILES string of the molecule is CN=C(NCCNC(=O)OC(C)(C)C)NC(C)C(C)C. The fourth-order valence-corrected chi connectivity index (χ4v) is 1.24. The molecule has 0 spiro atoms. The third-order valence-electron chi connectivity index (χ3n) is 2.67. The molecule has 0 rings (SSSR count). The molecule has 0 saturated carbocycles. The number of guanidine groups is 1. The van der Waals surface area contributed by atoms with Crippen molar-refractivity contribution >= 4 is 12.1 Å². The topological polar surface area (TPSA) is 74.8 Å². The van der Waals surface area contributed by atoms with Gasteiger partial charge in [0.25, 0.3) is 0 Å². The van der Waals surface area contributed by atoms with Crippen molar-refractivity contribution < 1.29 is 9.53 Å². The summed E-state index contributed by atoms with van der Waals surface area (Å²) in [7, 11) is 1.73. The molecule has 0 heterocycles. The van der Waals surface area contributed by atoms with Crippen LogP contribution in [0.3, 0.4) is 0 Å². The lowest BCUT2D eigenvalue weighted by molar-refractivity contribution is 0.0529. The van der Waals surface area contributed by atoms with Crippen LogP contribution in [0.15, 0.2) is 4.99 Å². The molecular formula is C14H30N4O2. The van der Waals surface area contributed by atoms with Crippen molar-refractivity contribution in [3.63, 3.8) is 0 Å². The fourth-order valence-electron chi connectivity index (χ4n) is 1.24. The minimum absolute atomic E-state index is 0.333. The van der Waals surface area contributed by atoms with E-state index in [1.165, 1.54) is 0 Å². The molecule has 0 aromatic heterocycles. The van der Waals surface area contributed by atoms with Crippen LogP contribution >= 0.6 is 0 Å². The van der Waals surface area contributed by atoms with E-state index in [1.807, 2.05) is 20.8 Å². The Hall–Kier alpha value is -1.46. The van der Waals surface area contributed by atoms with Gasteiger partial charge in [-0.15, -0.1) is 0 Å². The Morgan fingerprint density at radius 2 is 1.70 bits per heavy atom. The summed E-state index contributed by atoms with van der Waals surface area (Å²) >= 11 is 0. The number of rotatable bonds is 5. The van der Waals surface area contributed by atoms with Gasteiger partial charge in [0.2, 0.25) is 0 Å². The molecule has 0 aliphatic carbocycles. The number of hydrogen-bond acceptors (Lipinski definition) is 3. The van der Waals surface area contributed by atoms with Gasteiger partial charge in [-0.1, -0.05) is 13.8 Å². The first-order valence-electron chi connectivity index (χ1n) is 7.09. The molecule has 1 unspecified atom stereocenters. The monoisotopic (exact) mass is 286 g/mol. The van der Waals surface area contributed by atoms with Gasteiger partial charge in [-0.05, 0) is 33.6 Å². The molecule has 6 heteroatoms. The number of amides is 1. The van der Waals surface area contributed by atoms with Crippen LogP contribution in [0.25, 0.3) is 0 Å². The van der Waals surface area contributed by atoms with E-state index >= 15 is 0 Å². The second-order valence-electron chi connectivity index (χ2n) is 6.10. The van der Waals surface area contributed by atoms with Gasteiger partial charge >= 0.3 is 6.09 Å². The Kier molecular flexibility index (Phi) is 8.03. The number of carbonyl (C=O) groups is 1. The van der Waals surface area contributed by atoms with E-state index < -0.39 is 11.7 Å². The van der Waals surface area contributed by atoms with E-state index in [9.17, 15) is 4.79 Å². The third kappa shape index (κ3) is 9.47. The normalized spacial score (nSPS) is 13.9. The Morgan fingerprint density at radius 3 is 2.15 bits per heavy atom. The Balaban J connectivity index is 3.90. The first-order valence-corrected chi connectivity index (χ1v) is 7.09. The van der Waals surface area contributed by atoms with Crippen molar-refractivity contribution in [2.24, 2.45) is 10.9 Å². The van der Waals surface area contributed by atoms with Gasteiger partial charge in [-0.3, -0.25) is 4.99 Å². The van der Waals surface area contributed by atoms with Crippen LogP contribution in [0.5, 0.6) is 0 Å². The standard InChI is InChI=1S/C14H30N4O2/c1-10(2)11(3)18-12(15-7)16-8-9-17-13(19)20-14(4,5)6/h10-11H,8-9H2,1-7H3,(H,17,19)(H2,15,16,18). The highest BCUT2D eigenvalue weighted by molar-refractivity contribution is 5.80. The van der Waals surface area contributed by atoms with Crippen molar-refractivity contribution in [2.45, 2.75) is 53.2 Å². The lowest BCUT2D eigenvalue weighted by atomic mass is 10.1. The maximum Gasteiger partial charge on any atom is 0.407 e. The van der Waals surface area contributed by atoms with E-state index in [1.54, 1.807) is 7.05 Å². The number of hydrogen-bond donors (Lipinski definition) is 3. The van der Waals surface area contributed by atoms with Gasteiger partial charge in [-0.2, -0.15) is 0 Å². The summed E-state index contributed by atoms with van der Waals surface area (Å²) in [5, 5.41) is 9.12. The second kappa shape index (κ2) is 8.66. The van der Waals surface area contributed by atoms with Crippen LogP contribution in [-0.4, -0.2) is 43.8 Å². The molecule has 0 aliphatic rings. The number of ether oxygens (including phenoxy) is 1. The average molecular weight is 286 g/mol. The van der Waals surface area contributed by atoms with Crippen LogP contribution in [0, 0.1) is 5.92 Å². The molecule has 1 amide bonds. The first-order chi connectivity index (χ1) is 9.15. The summed E-state index contributed by atoms with van der Waals surface area (Å²) in [5.74, 6) is 1.26. The zero-order chi connectivity index (χ0) is 15.8. The largest absolute Gasteiger partial charge is 0.444 e. The van der Waals surface area contributed by atoms with E-state index in [0.717, 1.165) is 5.96 Å². The van der Waals surface area contributed by atoms with Crippen molar-refractivity contribution in [3.05, 3.63) is 0 Å². The Morgan fingerprint density at radius 1 is 1.15 bits per heavy atom. The van der Waals surface area contributed by atoms with Crippen LogP contribution in [-0.2, 0) is 4.74 Å². The fraction of sp³-hybridized carbons (Fsp3) is 0.857. The summed E-state index contributed by atoms with van der Waals surface area (Å²) in [4.78, 5) is 15.6. The van der Waals surface area contributed by atoms with E-state index in [2.05, 4.69) is 41.7 Å². The van der Waals surface area contributed by atoms with Crippen molar-refractivity contribution in [1.29, 1.82) is 0 Å². The molecule has 6 nitrogen and oxygen atoms in total. The van der Waals surface area contributed by atoms with Crippen LogP contribution in [0.2, 0.25) is 0 Å². The molecule has 0 aromatic carbocycles. The molecular weight excluding hydrogens is 256 g/mol. The molecule has 0 saturated heterocycles. The molecule has 0 radical (unpaired) electrons. The maximum absolute atomic E-state index is 11.4. The predicted molar refractivity (Wildman–Crippen MR) is 83.0 cm³/mol. The molecule has 0 fully saturated rings. The highest BCUT2D eigenvalue weighted by Gasteiger charge is 2.15. The Labute approximate surface area is 122 Å². The minimum Gasteiger partial charge on any atom is -0.444 e. The van der Waals surface area contributed by atoms with Gasteiger partial charge in [-0.25, -0.2) is 4.79 Å². The van der Waals surface area contributed by atoms with Crippen LogP contribution in [0.4, 0.5) is 4.79 Å². The highest BCUT2D eigenvalue weighted by Crippen LogP contribution is 2.05. The number of aliphatic imine (C=N–C) groups is 1. The van der Waals surface area contributed by atoms with E-state index in [4.69, 9.17) is 4.74 Å².